The summed E-state index contributed by atoms with van der Waals surface area (Å²) in [6, 6.07) is 65.9. The van der Waals surface area contributed by atoms with Gasteiger partial charge in [0.2, 0.25) is 0 Å². The number of rotatable bonds is 4. The van der Waals surface area contributed by atoms with Gasteiger partial charge in [0.05, 0.1) is 16.6 Å². The molecule has 3 heteroatoms. The molecule has 2 aromatic heterocycles. The van der Waals surface area contributed by atoms with E-state index >= 15 is 0 Å². The van der Waals surface area contributed by atoms with Crippen molar-refractivity contribution in [1.82, 2.24) is 14.5 Å². The number of hydrogen-bond acceptors (Lipinski definition) is 2. The monoisotopic (exact) mass is 699 g/mol. The van der Waals surface area contributed by atoms with Crippen molar-refractivity contribution in [3.8, 4) is 61.7 Å². The summed E-state index contributed by atoms with van der Waals surface area (Å²) in [6.45, 7) is 0. The number of nitrogens with zero attached hydrogens (tertiary/aromatic N) is 3. The first-order valence-electron chi connectivity index (χ1n) is 19.1. The second kappa shape index (κ2) is 11.7. The van der Waals surface area contributed by atoms with Crippen LogP contribution in [-0.4, -0.2) is 14.5 Å². The molecule has 0 amide bonds. The fraction of sp³-hybridized carbons (Fsp3) is 0.0385. The van der Waals surface area contributed by atoms with Gasteiger partial charge >= 0.3 is 0 Å². The Balaban J connectivity index is 1.15. The molecule has 3 nitrogen and oxygen atoms in total. The fourth-order valence-electron chi connectivity index (χ4n) is 9.47. The molecule has 12 rings (SSSR count). The molecule has 55 heavy (non-hydrogen) atoms. The van der Waals surface area contributed by atoms with E-state index < -0.39 is 0 Å². The Kier molecular flexibility index (Phi) is 6.46. The Morgan fingerprint density at radius 3 is 1.91 bits per heavy atom. The average molecular weight is 700 g/mol. The van der Waals surface area contributed by atoms with E-state index in [4.69, 9.17) is 9.97 Å². The minimum Gasteiger partial charge on any atom is -0.293 e. The normalized spacial score (nSPS) is 13.9. The highest BCUT2D eigenvalue weighted by Crippen LogP contribution is 2.58. The zero-order valence-corrected chi connectivity index (χ0v) is 29.9. The number of benzene rings is 8. The van der Waals surface area contributed by atoms with Crippen LogP contribution >= 0.6 is 0 Å². The summed E-state index contributed by atoms with van der Waals surface area (Å²) in [5, 5.41) is 3.55. The Labute approximate surface area is 318 Å². The van der Waals surface area contributed by atoms with E-state index in [1.165, 1.54) is 77.5 Å². The lowest BCUT2D eigenvalue weighted by atomic mass is 9.76. The smallest absolute Gasteiger partial charge is 0.162 e. The molecule has 0 radical (unpaired) electrons. The molecule has 0 N–H and O–H groups in total. The molecule has 0 bridgehead atoms. The summed E-state index contributed by atoms with van der Waals surface area (Å²) >= 11 is 0. The molecule has 2 aliphatic rings. The predicted octanol–water partition coefficient (Wildman–Crippen LogP) is 13.1. The number of hydrogen-bond donors (Lipinski definition) is 0. The molecule has 256 valence electrons. The van der Waals surface area contributed by atoms with Gasteiger partial charge < -0.3 is 0 Å². The first-order chi connectivity index (χ1) is 27.3. The van der Waals surface area contributed by atoms with Gasteiger partial charge in [0.1, 0.15) is 5.82 Å². The summed E-state index contributed by atoms with van der Waals surface area (Å²) in [5.41, 5.74) is 18.8. The van der Waals surface area contributed by atoms with Crippen molar-refractivity contribution in [2.45, 2.75) is 12.3 Å². The van der Waals surface area contributed by atoms with Crippen LogP contribution < -0.4 is 0 Å². The van der Waals surface area contributed by atoms with Crippen molar-refractivity contribution < 1.29 is 0 Å². The van der Waals surface area contributed by atoms with Crippen LogP contribution in [0.25, 0.3) is 94.4 Å². The van der Waals surface area contributed by atoms with E-state index in [1.54, 1.807) is 0 Å². The summed E-state index contributed by atoms with van der Waals surface area (Å²) < 4.78 is 2.41. The van der Waals surface area contributed by atoms with Gasteiger partial charge in [-0.25, -0.2) is 9.97 Å². The number of aromatic nitrogens is 3. The van der Waals surface area contributed by atoms with Crippen molar-refractivity contribution in [3.05, 3.63) is 199 Å². The Hall–Kier alpha value is -7.10. The molecule has 8 aromatic carbocycles. The fourth-order valence-corrected chi connectivity index (χ4v) is 9.47. The minimum absolute atomic E-state index is 0.287. The van der Waals surface area contributed by atoms with Crippen LogP contribution in [0, 0.1) is 0 Å². The zero-order valence-electron chi connectivity index (χ0n) is 29.9. The Morgan fingerprint density at radius 1 is 0.455 bits per heavy atom. The van der Waals surface area contributed by atoms with Crippen molar-refractivity contribution in [2.24, 2.45) is 0 Å². The van der Waals surface area contributed by atoms with Crippen LogP contribution in [0.2, 0.25) is 0 Å². The van der Waals surface area contributed by atoms with Gasteiger partial charge in [-0.05, 0) is 98.0 Å². The standard InChI is InChI=1S/C52H33N3/c1-3-13-32(14-4-1)34-23-25-35(26-24-34)51-53-45-21-11-9-19-40(45)52(54-51)55-46-22-12-10-20-41(46)49-47(55)31-44-39-28-27-36(33-15-5-2-6-16-33)29-42(39)43-30-37-17-7-8-18-38(37)50(49)48(43)44/h1-29,31,43H,30H2. The van der Waals surface area contributed by atoms with E-state index in [1.807, 2.05) is 0 Å². The van der Waals surface area contributed by atoms with Gasteiger partial charge in [-0.1, -0.05) is 152 Å². The van der Waals surface area contributed by atoms with Gasteiger partial charge in [0, 0.05) is 27.6 Å². The molecule has 1 atom stereocenters. The van der Waals surface area contributed by atoms with Crippen molar-refractivity contribution in [2.75, 3.05) is 0 Å². The van der Waals surface area contributed by atoms with Crippen molar-refractivity contribution >= 4 is 32.7 Å². The van der Waals surface area contributed by atoms with E-state index in [-0.39, 0.29) is 5.92 Å². The van der Waals surface area contributed by atoms with Crippen LogP contribution in [0.5, 0.6) is 0 Å². The van der Waals surface area contributed by atoms with Gasteiger partial charge in [0.15, 0.2) is 5.82 Å². The second-order valence-corrected chi connectivity index (χ2v) is 14.9. The molecule has 0 saturated carbocycles. The molecule has 0 aliphatic heterocycles. The summed E-state index contributed by atoms with van der Waals surface area (Å²) in [7, 11) is 0. The van der Waals surface area contributed by atoms with Crippen LogP contribution in [-0.2, 0) is 6.42 Å². The van der Waals surface area contributed by atoms with Gasteiger partial charge in [-0.15, -0.1) is 0 Å². The average Bonchev–Trinajstić information content (AvgIpc) is 3.76. The highest BCUT2D eigenvalue weighted by Gasteiger charge is 2.38. The molecule has 0 saturated heterocycles. The minimum atomic E-state index is 0.287. The first kappa shape index (κ1) is 30.4. The Morgan fingerprint density at radius 2 is 1.09 bits per heavy atom. The summed E-state index contributed by atoms with van der Waals surface area (Å²) in [5.74, 6) is 1.89. The van der Waals surface area contributed by atoms with Crippen LogP contribution in [0.3, 0.4) is 0 Å². The molecule has 0 spiro atoms. The van der Waals surface area contributed by atoms with Gasteiger partial charge in [-0.3, -0.25) is 4.57 Å². The summed E-state index contributed by atoms with van der Waals surface area (Å²) in [4.78, 5) is 10.6. The number of para-hydroxylation sites is 2. The molecular weight excluding hydrogens is 667 g/mol. The molecule has 2 heterocycles. The third-order valence-corrected chi connectivity index (χ3v) is 11.9. The maximum absolute atomic E-state index is 5.48. The predicted molar refractivity (Wildman–Crippen MR) is 227 cm³/mol. The first-order valence-corrected chi connectivity index (χ1v) is 19.1. The molecule has 1 unspecified atom stereocenters. The van der Waals surface area contributed by atoms with Gasteiger partial charge in [-0.2, -0.15) is 0 Å². The van der Waals surface area contributed by atoms with E-state index in [2.05, 4.69) is 187 Å². The zero-order chi connectivity index (χ0) is 36.0. The molecule has 2 aliphatic carbocycles. The third kappa shape index (κ3) is 4.50. The van der Waals surface area contributed by atoms with Crippen LogP contribution in [0.4, 0.5) is 0 Å². The topological polar surface area (TPSA) is 30.7 Å². The maximum atomic E-state index is 5.48. The van der Waals surface area contributed by atoms with E-state index in [9.17, 15) is 0 Å². The molecule has 0 fully saturated rings. The highest BCUT2D eigenvalue weighted by molar-refractivity contribution is 6.20. The van der Waals surface area contributed by atoms with Crippen LogP contribution in [0.15, 0.2) is 182 Å². The third-order valence-electron chi connectivity index (χ3n) is 11.9. The van der Waals surface area contributed by atoms with Crippen molar-refractivity contribution in [3.63, 3.8) is 0 Å². The highest BCUT2D eigenvalue weighted by atomic mass is 15.1. The van der Waals surface area contributed by atoms with Gasteiger partial charge in [0.25, 0.3) is 0 Å². The van der Waals surface area contributed by atoms with Crippen LogP contribution in [0.1, 0.15) is 22.6 Å². The molecule has 10 aromatic rings. The largest absolute Gasteiger partial charge is 0.293 e. The molecular formula is C52H33N3. The Bertz CT molecular complexity index is 3160. The quantitative estimate of drug-likeness (QED) is 0.183. The maximum Gasteiger partial charge on any atom is 0.162 e. The number of fused-ring (bicyclic) bond motifs is 10. The van der Waals surface area contributed by atoms with Crippen molar-refractivity contribution in [1.29, 1.82) is 0 Å². The SMILES string of the molecule is c1ccc(-c2ccc(-c3nc(-n4c5ccccc5c5c6c7c(cc54)-c4ccc(-c5ccccc5)cc4C7Cc4ccccc4-6)c4ccccc4n3)cc2)cc1. The van der Waals surface area contributed by atoms with E-state index in [0.717, 1.165) is 34.2 Å². The lowest BCUT2D eigenvalue weighted by molar-refractivity contribution is 0.817. The van der Waals surface area contributed by atoms with E-state index in [0.29, 0.717) is 5.82 Å². The lowest BCUT2D eigenvalue weighted by Crippen LogP contribution is -2.10. The lowest BCUT2D eigenvalue weighted by Gasteiger charge is -2.27. The second-order valence-electron chi connectivity index (χ2n) is 14.9. The summed E-state index contributed by atoms with van der Waals surface area (Å²) in [6.07, 6.45) is 0.995.